The molecule has 4 heteroatoms. The first kappa shape index (κ1) is 16.7. The lowest BCUT2D eigenvalue weighted by Gasteiger charge is -2.11. The van der Waals surface area contributed by atoms with Crippen molar-refractivity contribution in [3.63, 3.8) is 0 Å². The maximum absolute atomic E-state index is 6.06. The summed E-state index contributed by atoms with van der Waals surface area (Å²) in [6, 6.07) is 12.8. The average Bonchev–Trinajstić information content (AvgIpc) is 2.43. The summed E-state index contributed by atoms with van der Waals surface area (Å²) in [6.45, 7) is 7.34. The molecule has 0 atom stereocenters. The molecule has 0 aromatic heterocycles. The normalized spacial score (nSPS) is 11.1. The maximum atomic E-state index is 6.06. The van der Waals surface area contributed by atoms with Gasteiger partial charge in [-0.05, 0) is 42.3 Å². The van der Waals surface area contributed by atoms with Gasteiger partial charge in [0, 0.05) is 22.4 Å². The zero-order valence-electron chi connectivity index (χ0n) is 12.4. The SMILES string of the molecule is Cc1cc(CNC(C)C)ccc1Sc1ccc(Cl)c(Cl)c1. The van der Waals surface area contributed by atoms with Crippen LogP contribution in [0.4, 0.5) is 0 Å². The lowest BCUT2D eigenvalue weighted by Crippen LogP contribution is -2.21. The zero-order chi connectivity index (χ0) is 15.4. The third-order valence-corrected chi connectivity index (χ3v) is 4.98. The second-order valence-corrected chi connectivity index (χ2v) is 7.24. The van der Waals surface area contributed by atoms with E-state index in [1.165, 1.54) is 16.0 Å². The van der Waals surface area contributed by atoms with Crippen molar-refractivity contribution in [3.05, 3.63) is 57.6 Å². The standard InChI is InChI=1S/C17H19Cl2NS/c1-11(2)20-10-13-4-7-17(12(3)8-13)21-14-5-6-15(18)16(19)9-14/h4-9,11,20H,10H2,1-3H3. The Balaban J connectivity index is 2.11. The highest BCUT2D eigenvalue weighted by Gasteiger charge is 2.05. The molecule has 1 N–H and O–H groups in total. The van der Waals surface area contributed by atoms with Crippen molar-refractivity contribution in [2.75, 3.05) is 0 Å². The summed E-state index contributed by atoms with van der Waals surface area (Å²) in [5, 5.41) is 4.62. The molecule has 2 rings (SSSR count). The molecule has 0 unspecified atom stereocenters. The maximum Gasteiger partial charge on any atom is 0.0603 e. The van der Waals surface area contributed by atoms with Gasteiger partial charge in [0.25, 0.3) is 0 Å². The Morgan fingerprint density at radius 2 is 1.81 bits per heavy atom. The van der Waals surface area contributed by atoms with E-state index in [1.807, 2.05) is 18.2 Å². The van der Waals surface area contributed by atoms with Gasteiger partial charge in [-0.15, -0.1) is 0 Å². The molecule has 1 nitrogen and oxygen atoms in total. The summed E-state index contributed by atoms with van der Waals surface area (Å²) in [7, 11) is 0. The van der Waals surface area contributed by atoms with E-state index in [-0.39, 0.29) is 0 Å². The minimum atomic E-state index is 0.496. The first-order chi connectivity index (χ1) is 9.95. The molecule has 0 saturated heterocycles. The molecule has 0 fully saturated rings. The Morgan fingerprint density at radius 3 is 2.43 bits per heavy atom. The Labute approximate surface area is 141 Å². The minimum Gasteiger partial charge on any atom is -0.310 e. The van der Waals surface area contributed by atoms with Gasteiger partial charge in [0.1, 0.15) is 0 Å². The highest BCUT2D eigenvalue weighted by Crippen LogP contribution is 2.34. The molecule has 0 amide bonds. The summed E-state index contributed by atoms with van der Waals surface area (Å²) < 4.78 is 0. The molecular formula is C17H19Cl2NS. The second kappa shape index (κ2) is 7.55. The van der Waals surface area contributed by atoms with Crippen molar-refractivity contribution < 1.29 is 0 Å². The molecule has 0 aliphatic carbocycles. The van der Waals surface area contributed by atoms with Gasteiger partial charge in [-0.25, -0.2) is 0 Å². The lowest BCUT2D eigenvalue weighted by atomic mass is 10.1. The van der Waals surface area contributed by atoms with Crippen LogP contribution in [0.15, 0.2) is 46.2 Å². The van der Waals surface area contributed by atoms with Gasteiger partial charge in [-0.3, -0.25) is 0 Å². The Hall–Kier alpha value is -0.670. The van der Waals surface area contributed by atoms with Crippen molar-refractivity contribution in [1.29, 1.82) is 0 Å². The van der Waals surface area contributed by atoms with Gasteiger partial charge in [-0.1, -0.05) is 60.9 Å². The van der Waals surface area contributed by atoms with Crippen molar-refractivity contribution in [2.24, 2.45) is 0 Å². The van der Waals surface area contributed by atoms with Crippen LogP contribution < -0.4 is 5.32 Å². The van der Waals surface area contributed by atoms with E-state index in [2.05, 4.69) is 44.3 Å². The third kappa shape index (κ3) is 4.93. The smallest absolute Gasteiger partial charge is 0.0603 e. The van der Waals surface area contributed by atoms with Gasteiger partial charge in [0.15, 0.2) is 0 Å². The monoisotopic (exact) mass is 339 g/mol. The van der Waals surface area contributed by atoms with Crippen LogP contribution in [0.1, 0.15) is 25.0 Å². The Morgan fingerprint density at radius 1 is 1.05 bits per heavy atom. The van der Waals surface area contributed by atoms with Crippen molar-refractivity contribution >= 4 is 35.0 Å². The molecule has 0 heterocycles. The summed E-state index contributed by atoms with van der Waals surface area (Å²) in [6.07, 6.45) is 0. The molecule has 0 spiro atoms. The van der Waals surface area contributed by atoms with Crippen LogP contribution in [0.5, 0.6) is 0 Å². The lowest BCUT2D eigenvalue weighted by molar-refractivity contribution is 0.588. The van der Waals surface area contributed by atoms with Gasteiger partial charge in [-0.2, -0.15) is 0 Å². The van der Waals surface area contributed by atoms with E-state index in [4.69, 9.17) is 23.2 Å². The Kier molecular flexibility index (Phi) is 6.00. The molecule has 0 aliphatic heterocycles. The fourth-order valence-electron chi connectivity index (χ4n) is 1.93. The molecule has 0 bridgehead atoms. The van der Waals surface area contributed by atoms with Crippen LogP contribution in [0.2, 0.25) is 10.0 Å². The molecular weight excluding hydrogens is 321 g/mol. The largest absolute Gasteiger partial charge is 0.310 e. The third-order valence-electron chi connectivity index (χ3n) is 3.07. The minimum absolute atomic E-state index is 0.496. The first-order valence-electron chi connectivity index (χ1n) is 6.91. The van der Waals surface area contributed by atoms with Gasteiger partial charge >= 0.3 is 0 Å². The molecule has 2 aromatic rings. The van der Waals surface area contributed by atoms with Crippen LogP contribution in [-0.4, -0.2) is 6.04 Å². The Bertz CT molecular complexity index is 626. The van der Waals surface area contributed by atoms with E-state index in [1.54, 1.807) is 11.8 Å². The van der Waals surface area contributed by atoms with Crippen LogP contribution in [0.3, 0.4) is 0 Å². The predicted octanol–water partition coefficient (Wildman–Crippen LogP) is 5.95. The number of hydrogen-bond acceptors (Lipinski definition) is 2. The zero-order valence-corrected chi connectivity index (χ0v) is 14.7. The van der Waals surface area contributed by atoms with Crippen LogP contribution in [0.25, 0.3) is 0 Å². The summed E-state index contributed by atoms with van der Waals surface area (Å²) >= 11 is 13.7. The van der Waals surface area contributed by atoms with Crippen molar-refractivity contribution in [3.8, 4) is 0 Å². The second-order valence-electron chi connectivity index (χ2n) is 5.31. The van der Waals surface area contributed by atoms with E-state index in [0.29, 0.717) is 16.1 Å². The van der Waals surface area contributed by atoms with E-state index < -0.39 is 0 Å². The number of hydrogen-bond donors (Lipinski definition) is 1. The fourth-order valence-corrected chi connectivity index (χ4v) is 3.21. The number of nitrogens with one attached hydrogen (secondary N) is 1. The summed E-state index contributed by atoms with van der Waals surface area (Å²) in [5.74, 6) is 0. The highest BCUT2D eigenvalue weighted by molar-refractivity contribution is 7.99. The fraction of sp³-hybridized carbons (Fsp3) is 0.294. The van der Waals surface area contributed by atoms with E-state index >= 15 is 0 Å². The van der Waals surface area contributed by atoms with Gasteiger partial charge in [0.05, 0.1) is 10.0 Å². The van der Waals surface area contributed by atoms with Crippen molar-refractivity contribution in [1.82, 2.24) is 5.32 Å². The predicted molar refractivity (Wildman–Crippen MR) is 93.7 cm³/mol. The van der Waals surface area contributed by atoms with E-state index in [9.17, 15) is 0 Å². The first-order valence-corrected chi connectivity index (χ1v) is 8.49. The van der Waals surface area contributed by atoms with Crippen LogP contribution >= 0.6 is 35.0 Å². The summed E-state index contributed by atoms with van der Waals surface area (Å²) in [4.78, 5) is 2.34. The molecule has 0 aliphatic rings. The molecule has 0 radical (unpaired) electrons. The van der Waals surface area contributed by atoms with Crippen LogP contribution in [-0.2, 0) is 6.54 Å². The van der Waals surface area contributed by atoms with Crippen molar-refractivity contribution in [2.45, 2.75) is 43.1 Å². The molecule has 21 heavy (non-hydrogen) atoms. The number of aryl methyl sites for hydroxylation is 1. The van der Waals surface area contributed by atoms with Gasteiger partial charge < -0.3 is 5.32 Å². The summed E-state index contributed by atoms with van der Waals surface area (Å²) in [5.41, 5.74) is 2.58. The average molecular weight is 340 g/mol. The molecule has 2 aromatic carbocycles. The number of halogens is 2. The number of benzene rings is 2. The molecule has 0 saturated carbocycles. The van der Waals surface area contributed by atoms with Gasteiger partial charge in [0.2, 0.25) is 0 Å². The molecule has 112 valence electrons. The van der Waals surface area contributed by atoms with E-state index in [0.717, 1.165) is 11.4 Å². The quantitative estimate of drug-likeness (QED) is 0.722. The highest BCUT2D eigenvalue weighted by atomic mass is 35.5. The number of rotatable bonds is 5. The van der Waals surface area contributed by atoms with Crippen LogP contribution in [0, 0.1) is 6.92 Å². The topological polar surface area (TPSA) is 12.0 Å².